The van der Waals surface area contributed by atoms with Crippen molar-refractivity contribution < 1.29 is 9.18 Å². The van der Waals surface area contributed by atoms with Gasteiger partial charge in [-0.2, -0.15) is 0 Å². The first-order valence-electron chi connectivity index (χ1n) is 5.33. The first-order chi connectivity index (χ1) is 8.58. The van der Waals surface area contributed by atoms with Crippen LogP contribution in [0, 0.1) is 5.82 Å². The molecule has 0 atom stereocenters. The van der Waals surface area contributed by atoms with Crippen LogP contribution in [0.5, 0.6) is 0 Å². The zero-order valence-corrected chi connectivity index (χ0v) is 9.80. The highest BCUT2D eigenvalue weighted by Gasteiger charge is 2.14. The molecule has 0 radical (unpaired) electrons. The average molecular weight is 245 g/mol. The normalized spacial score (nSPS) is 10.1. The van der Waals surface area contributed by atoms with Crippen LogP contribution in [-0.4, -0.2) is 17.9 Å². The predicted molar refractivity (Wildman–Crippen MR) is 67.8 cm³/mol. The van der Waals surface area contributed by atoms with Gasteiger partial charge in [0, 0.05) is 18.4 Å². The number of nitrogens with two attached hydrogens (primary N) is 1. The number of carbonyl (C=O) groups is 1. The van der Waals surface area contributed by atoms with E-state index in [4.69, 9.17) is 5.73 Å². The lowest BCUT2D eigenvalue weighted by atomic mass is 10.2. The molecule has 0 bridgehead atoms. The van der Waals surface area contributed by atoms with Crippen LogP contribution in [0.25, 0.3) is 0 Å². The molecule has 1 heterocycles. The smallest absolute Gasteiger partial charge is 0.276 e. The molecule has 0 saturated heterocycles. The fraction of sp³-hybridized carbons (Fsp3) is 0.0769. The summed E-state index contributed by atoms with van der Waals surface area (Å²) in [5.41, 5.74) is 7.08. The van der Waals surface area contributed by atoms with Gasteiger partial charge in [-0.05, 0) is 36.4 Å². The molecule has 1 aromatic heterocycles. The van der Waals surface area contributed by atoms with Crippen molar-refractivity contribution in [2.75, 3.05) is 17.7 Å². The van der Waals surface area contributed by atoms with Gasteiger partial charge in [-0.1, -0.05) is 0 Å². The molecular weight excluding hydrogens is 233 g/mol. The van der Waals surface area contributed by atoms with Crippen molar-refractivity contribution in [2.24, 2.45) is 0 Å². The predicted octanol–water partition coefficient (Wildman–Crippen LogP) is 2.08. The summed E-state index contributed by atoms with van der Waals surface area (Å²) in [4.78, 5) is 17.2. The molecule has 2 N–H and O–H groups in total. The number of benzene rings is 1. The molecule has 2 rings (SSSR count). The third-order valence-electron chi connectivity index (χ3n) is 2.53. The number of hydrogen-bond donors (Lipinski definition) is 1. The second-order valence-corrected chi connectivity index (χ2v) is 3.82. The summed E-state index contributed by atoms with van der Waals surface area (Å²) in [5, 5.41) is 0. The molecule has 0 unspecified atom stereocenters. The van der Waals surface area contributed by atoms with Gasteiger partial charge >= 0.3 is 0 Å². The van der Waals surface area contributed by atoms with Crippen molar-refractivity contribution in [3.05, 3.63) is 54.1 Å². The van der Waals surface area contributed by atoms with Crippen LogP contribution in [0.4, 0.5) is 15.8 Å². The molecule has 1 amide bonds. The maximum atomic E-state index is 12.7. The molecular formula is C13H12FN3O. The average Bonchev–Trinajstić information content (AvgIpc) is 2.39. The first-order valence-corrected chi connectivity index (χ1v) is 5.33. The van der Waals surface area contributed by atoms with Crippen LogP contribution in [-0.2, 0) is 0 Å². The number of rotatable bonds is 2. The number of carbonyl (C=O) groups excluding carboxylic acids is 1. The van der Waals surface area contributed by atoms with Gasteiger partial charge in [-0.25, -0.2) is 9.37 Å². The van der Waals surface area contributed by atoms with Gasteiger partial charge in [0.25, 0.3) is 5.91 Å². The van der Waals surface area contributed by atoms with Crippen LogP contribution >= 0.6 is 0 Å². The molecule has 0 saturated carbocycles. The number of pyridine rings is 1. The molecule has 18 heavy (non-hydrogen) atoms. The Morgan fingerprint density at radius 3 is 2.44 bits per heavy atom. The number of halogens is 1. The summed E-state index contributed by atoms with van der Waals surface area (Å²) in [6, 6.07) is 9.43. The van der Waals surface area contributed by atoms with Crippen molar-refractivity contribution in [2.45, 2.75) is 0 Å². The van der Waals surface area contributed by atoms with Gasteiger partial charge in [0.15, 0.2) is 0 Å². The topological polar surface area (TPSA) is 59.2 Å². The molecule has 0 aliphatic heterocycles. The van der Waals surface area contributed by atoms with E-state index in [0.717, 1.165) is 6.20 Å². The standard InChI is InChI=1S/C13H12FN3O/c1-17(11-5-3-10(15)4-6-11)13(18)12-7-2-9(14)8-16-12/h2-8H,15H2,1H3. The molecule has 0 aliphatic rings. The molecule has 92 valence electrons. The highest BCUT2D eigenvalue weighted by molar-refractivity contribution is 6.04. The Hall–Kier alpha value is -2.43. The van der Waals surface area contributed by atoms with Crippen molar-refractivity contribution in [3.63, 3.8) is 0 Å². The molecule has 0 fully saturated rings. The lowest BCUT2D eigenvalue weighted by Crippen LogP contribution is -2.27. The summed E-state index contributed by atoms with van der Waals surface area (Å²) < 4.78 is 12.7. The molecule has 4 nitrogen and oxygen atoms in total. The minimum Gasteiger partial charge on any atom is -0.399 e. The Kier molecular flexibility index (Phi) is 3.23. The van der Waals surface area contributed by atoms with Crippen molar-refractivity contribution >= 4 is 17.3 Å². The summed E-state index contributed by atoms with van der Waals surface area (Å²) in [6.45, 7) is 0. The lowest BCUT2D eigenvalue weighted by molar-refractivity contribution is 0.0988. The van der Waals surface area contributed by atoms with E-state index in [1.165, 1.54) is 17.0 Å². The van der Waals surface area contributed by atoms with E-state index < -0.39 is 5.82 Å². The fourth-order valence-corrected chi connectivity index (χ4v) is 1.49. The zero-order chi connectivity index (χ0) is 13.1. The monoisotopic (exact) mass is 245 g/mol. The molecule has 0 aliphatic carbocycles. The van der Waals surface area contributed by atoms with E-state index in [-0.39, 0.29) is 11.6 Å². The lowest BCUT2D eigenvalue weighted by Gasteiger charge is -2.16. The van der Waals surface area contributed by atoms with E-state index in [9.17, 15) is 9.18 Å². The Labute approximate surface area is 104 Å². The third-order valence-corrected chi connectivity index (χ3v) is 2.53. The van der Waals surface area contributed by atoms with Gasteiger partial charge in [-0.15, -0.1) is 0 Å². The summed E-state index contributed by atoms with van der Waals surface area (Å²) in [6.07, 6.45) is 1.02. The Morgan fingerprint density at radius 2 is 1.89 bits per heavy atom. The minimum atomic E-state index is -0.471. The highest BCUT2D eigenvalue weighted by atomic mass is 19.1. The fourth-order valence-electron chi connectivity index (χ4n) is 1.49. The van der Waals surface area contributed by atoms with Gasteiger partial charge in [0.1, 0.15) is 11.5 Å². The quantitative estimate of drug-likeness (QED) is 0.824. The summed E-state index contributed by atoms with van der Waals surface area (Å²) >= 11 is 0. The van der Waals surface area contributed by atoms with E-state index in [1.54, 1.807) is 31.3 Å². The van der Waals surface area contributed by atoms with Crippen LogP contribution in [0.2, 0.25) is 0 Å². The SMILES string of the molecule is CN(C(=O)c1ccc(F)cn1)c1ccc(N)cc1. The van der Waals surface area contributed by atoms with E-state index in [1.807, 2.05) is 0 Å². The second-order valence-electron chi connectivity index (χ2n) is 3.82. The number of anilines is 2. The van der Waals surface area contributed by atoms with Gasteiger partial charge < -0.3 is 10.6 Å². The van der Waals surface area contributed by atoms with Crippen molar-refractivity contribution in [1.82, 2.24) is 4.98 Å². The number of nitrogens with zero attached hydrogens (tertiary/aromatic N) is 2. The number of amides is 1. The van der Waals surface area contributed by atoms with E-state index in [2.05, 4.69) is 4.98 Å². The van der Waals surface area contributed by atoms with Gasteiger partial charge in [-0.3, -0.25) is 4.79 Å². The molecule has 0 spiro atoms. The van der Waals surface area contributed by atoms with Crippen molar-refractivity contribution in [1.29, 1.82) is 0 Å². The first kappa shape index (κ1) is 12.0. The molecule has 5 heteroatoms. The number of nitrogen functional groups attached to an aromatic ring is 1. The Balaban J connectivity index is 2.23. The maximum absolute atomic E-state index is 12.7. The van der Waals surface area contributed by atoms with Crippen LogP contribution in [0.1, 0.15) is 10.5 Å². The third kappa shape index (κ3) is 2.45. The molecule has 2 aromatic rings. The van der Waals surface area contributed by atoms with Crippen LogP contribution in [0.3, 0.4) is 0 Å². The summed E-state index contributed by atoms with van der Waals surface area (Å²) in [7, 11) is 1.62. The van der Waals surface area contributed by atoms with E-state index >= 15 is 0 Å². The second kappa shape index (κ2) is 4.83. The largest absolute Gasteiger partial charge is 0.399 e. The van der Waals surface area contributed by atoms with Gasteiger partial charge in [0.05, 0.1) is 6.20 Å². The van der Waals surface area contributed by atoms with Crippen LogP contribution < -0.4 is 10.6 Å². The van der Waals surface area contributed by atoms with Gasteiger partial charge in [0.2, 0.25) is 0 Å². The molecule has 1 aromatic carbocycles. The number of hydrogen-bond acceptors (Lipinski definition) is 3. The Bertz CT molecular complexity index is 551. The highest BCUT2D eigenvalue weighted by Crippen LogP contribution is 2.16. The van der Waals surface area contributed by atoms with Crippen molar-refractivity contribution in [3.8, 4) is 0 Å². The Morgan fingerprint density at radius 1 is 1.22 bits per heavy atom. The maximum Gasteiger partial charge on any atom is 0.276 e. The van der Waals surface area contributed by atoms with E-state index in [0.29, 0.717) is 11.4 Å². The number of aromatic nitrogens is 1. The minimum absolute atomic E-state index is 0.190. The zero-order valence-electron chi connectivity index (χ0n) is 9.80. The summed E-state index contributed by atoms with van der Waals surface area (Å²) in [5.74, 6) is -0.776. The van der Waals surface area contributed by atoms with Crippen LogP contribution in [0.15, 0.2) is 42.6 Å².